The predicted octanol–water partition coefficient (Wildman–Crippen LogP) is 4.96. The van der Waals surface area contributed by atoms with Crippen LogP contribution < -0.4 is 5.32 Å². The van der Waals surface area contributed by atoms with E-state index in [-0.39, 0.29) is 42.6 Å². The average Bonchev–Trinajstić information content (AvgIpc) is 2.82. The molecule has 0 heterocycles. The largest absolute Gasteiger partial charge is 0.352 e. The molecule has 1 N–H and O–H groups in total. The average molecular weight is 494 g/mol. The molecule has 1 atom stereocenters. The second kappa shape index (κ2) is 12.1. The van der Waals surface area contributed by atoms with E-state index in [9.17, 15) is 19.7 Å². The first-order valence-electron chi connectivity index (χ1n) is 11.4. The summed E-state index contributed by atoms with van der Waals surface area (Å²) in [5.74, 6) is -0.703. The lowest BCUT2D eigenvalue weighted by molar-refractivity contribution is -0.385. The van der Waals surface area contributed by atoms with E-state index in [4.69, 9.17) is 11.6 Å². The van der Waals surface area contributed by atoms with Crippen LogP contribution in [-0.2, 0) is 29.0 Å². The van der Waals surface area contributed by atoms with Crippen LogP contribution in [0.15, 0.2) is 78.9 Å². The molecule has 182 valence electrons. The van der Waals surface area contributed by atoms with Gasteiger partial charge < -0.3 is 10.2 Å². The van der Waals surface area contributed by atoms with Crippen molar-refractivity contribution >= 4 is 29.1 Å². The maximum Gasteiger partial charge on any atom is 0.273 e. The van der Waals surface area contributed by atoms with Gasteiger partial charge in [-0.15, -0.1) is 0 Å². The standard InChI is InChI=1S/C27H28ClN3O4/c1-19(2)29-27(33)25(16-20-10-4-3-5-11-20)30(18-22-13-6-8-14-23(22)28)26(32)17-21-12-7-9-15-24(21)31(34)35/h3-15,19,25H,16-18H2,1-2H3,(H,29,33)/t25-/m0/s1. The lowest BCUT2D eigenvalue weighted by Crippen LogP contribution is -2.52. The van der Waals surface area contributed by atoms with E-state index in [0.717, 1.165) is 5.56 Å². The highest BCUT2D eigenvalue weighted by Gasteiger charge is 2.32. The Morgan fingerprint density at radius 2 is 1.54 bits per heavy atom. The monoisotopic (exact) mass is 493 g/mol. The van der Waals surface area contributed by atoms with Crippen molar-refractivity contribution in [3.05, 3.63) is 111 Å². The molecule has 0 spiro atoms. The molecule has 0 saturated heterocycles. The minimum Gasteiger partial charge on any atom is -0.352 e. The summed E-state index contributed by atoms with van der Waals surface area (Å²) in [5.41, 5.74) is 1.72. The Balaban J connectivity index is 2.02. The first-order chi connectivity index (χ1) is 16.8. The van der Waals surface area contributed by atoms with Crippen LogP contribution in [-0.4, -0.2) is 33.7 Å². The molecule has 8 heteroatoms. The number of nitrogens with one attached hydrogen (secondary N) is 1. The zero-order valence-corrected chi connectivity index (χ0v) is 20.4. The summed E-state index contributed by atoms with van der Waals surface area (Å²) in [5, 5.41) is 14.9. The van der Waals surface area contributed by atoms with Gasteiger partial charge in [-0.1, -0.05) is 78.3 Å². The van der Waals surface area contributed by atoms with Gasteiger partial charge >= 0.3 is 0 Å². The van der Waals surface area contributed by atoms with E-state index in [1.54, 1.807) is 36.4 Å². The number of amides is 2. The van der Waals surface area contributed by atoms with Crippen molar-refractivity contribution in [3.63, 3.8) is 0 Å². The Morgan fingerprint density at radius 1 is 0.943 bits per heavy atom. The van der Waals surface area contributed by atoms with Crippen molar-refractivity contribution in [1.82, 2.24) is 10.2 Å². The zero-order chi connectivity index (χ0) is 25.4. The number of nitrogens with zero attached hydrogens (tertiary/aromatic N) is 2. The number of nitro groups is 1. The minimum atomic E-state index is -0.841. The van der Waals surface area contributed by atoms with Crippen LogP contribution in [0.2, 0.25) is 5.02 Å². The predicted molar refractivity (Wildman–Crippen MR) is 136 cm³/mol. The van der Waals surface area contributed by atoms with E-state index < -0.39 is 16.9 Å². The van der Waals surface area contributed by atoms with Gasteiger partial charge in [-0.3, -0.25) is 19.7 Å². The molecule has 35 heavy (non-hydrogen) atoms. The van der Waals surface area contributed by atoms with Crippen LogP contribution in [0.4, 0.5) is 5.69 Å². The van der Waals surface area contributed by atoms with E-state index in [2.05, 4.69) is 5.32 Å². The molecule has 0 aliphatic rings. The fourth-order valence-electron chi connectivity index (χ4n) is 3.85. The molecule has 0 saturated carbocycles. The summed E-state index contributed by atoms with van der Waals surface area (Å²) in [4.78, 5) is 39.5. The van der Waals surface area contributed by atoms with Gasteiger partial charge in [0.05, 0.1) is 11.3 Å². The molecule has 0 fully saturated rings. The topological polar surface area (TPSA) is 92.6 Å². The molecule has 0 unspecified atom stereocenters. The number of hydrogen-bond acceptors (Lipinski definition) is 4. The molecule has 0 aliphatic carbocycles. The number of halogens is 1. The number of rotatable bonds is 10. The van der Waals surface area contributed by atoms with Crippen molar-refractivity contribution < 1.29 is 14.5 Å². The summed E-state index contributed by atoms with van der Waals surface area (Å²) in [6.07, 6.45) is 0.0638. The fourth-order valence-corrected chi connectivity index (χ4v) is 4.04. The Kier molecular flexibility index (Phi) is 8.98. The Labute approximate surface area is 209 Å². The molecule has 3 rings (SSSR count). The number of carbonyl (C=O) groups excluding carboxylic acids is 2. The highest BCUT2D eigenvalue weighted by Crippen LogP contribution is 2.23. The fraction of sp³-hybridized carbons (Fsp3) is 0.259. The molecule has 3 aromatic rings. The van der Waals surface area contributed by atoms with Crippen molar-refractivity contribution in [2.75, 3.05) is 0 Å². The Hall–Kier alpha value is -3.71. The lowest BCUT2D eigenvalue weighted by atomic mass is 10.0. The van der Waals surface area contributed by atoms with Crippen molar-refractivity contribution in [2.45, 2.75) is 45.3 Å². The lowest BCUT2D eigenvalue weighted by Gasteiger charge is -2.32. The molecular formula is C27H28ClN3O4. The summed E-state index contributed by atoms with van der Waals surface area (Å²) in [6.45, 7) is 3.79. The van der Waals surface area contributed by atoms with Gasteiger partial charge in [0.15, 0.2) is 0 Å². The molecular weight excluding hydrogens is 466 g/mol. The third-order valence-corrected chi connectivity index (χ3v) is 5.90. The van der Waals surface area contributed by atoms with E-state index in [1.165, 1.54) is 11.0 Å². The highest BCUT2D eigenvalue weighted by molar-refractivity contribution is 6.31. The van der Waals surface area contributed by atoms with Crippen molar-refractivity contribution in [3.8, 4) is 0 Å². The molecule has 0 aromatic heterocycles. The van der Waals surface area contributed by atoms with Crippen molar-refractivity contribution in [1.29, 1.82) is 0 Å². The second-order valence-electron chi connectivity index (χ2n) is 8.54. The SMILES string of the molecule is CC(C)NC(=O)[C@H](Cc1ccccc1)N(Cc1ccccc1Cl)C(=O)Cc1ccccc1[N+](=O)[O-]. The maximum atomic E-state index is 13.7. The number of nitro benzene ring substituents is 1. The van der Waals surface area contributed by atoms with E-state index in [0.29, 0.717) is 10.6 Å². The zero-order valence-electron chi connectivity index (χ0n) is 19.7. The minimum absolute atomic E-state index is 0.0855. The van der Waals surface area contributed by atoms with Gasteiger partial charge in [-0.05, 0) is 31.0 Å². The maximum absolute atomic E-state index is 13.7. The van der Waals surface area contributed by atoms with Crippen LogP contribution in [0.1, 0.15) is 30.5 Å². The van der Waals surface area contributed by atoms with E-state index >= 15 is 0 Å². The van der Waals surface area contributed by atoms with E-state index in [1.807, 2.05) is 50.2 Å². The van der Waals surface area contributed by atoms with Gasteiger partial charge in [0.25, 0.3) is 5.69 Å². The number of carbonyl (C=O) groups is 2. The van der Waals surface area contributed by atoms with Gasteiger partial charge in [0, 0.05) is 35.7 Å². The first kappa shape index (κ1) is 25.9. The van der Waals surface area contributed by atoms with Crippen LogP contribution in [0.3, 0.4) is 0 Å². The third-order valence-electron chi connectivity index (χ3n) is 5.53. The third kappa shape index (κ3) is 7.13. The number of benzene rings is 3. The summed E-state index contributed by atoms with van der Waals surface area (Å²) in [7, 11) is 0. The van der Waals surface area contributed by atoms with Gasteiger partial charge in [0.2, 0.25) is 11.8 Å². The van der Waals surface area contributed by atoms with Crippen LogP contribution in [0, 0.1) is 10.1 Å². The summed E-state index contributed by atoms with van der Waals surface area (Å²) < 4.78 is 0. The summed E-state index contributed by atoms with van der Waals surface area (Å²) >= 11 is 6.40. The second-order valence-corrected chi connectivity index (χ2v) is 8.95. The first-order valence-corrected chi connectivity index (χ1v) is 11.7. The number of para-hydroxylation sites is 1. The Bertz CT molecular complexity index is 1180. The van der Waals surface area contributed by atoms with Gasteiger partial charge in [-0.25, -0.2) is 0 Å². The normalized spacial score (nSPS) is 11.7. The van der Waals surface area contributed by atoms with Crippen LogP contribution >= 0.6 is 11.6 Å². The van der Waals surface area contributed by atoms with Gasteiger partial charge in [-0.2, -0.15) is 0 Å². The molecule has 0 radical (unpaired) electrons. The molecule has 2 amide bonds. The molecule has 3 aromatic carbocycles. The van der Waals surface area contributed by atoms with Gasteiger partial charge in [0.1, 0.15) is 6.04 Å². The summed E-state index contributed by atoms with van der Waals surface area (Å²) in [6, 6.07) is 21.7. The molecule has 0 aliphatic heterocycles. The smallest absolute Gasteiger partial charge is 0.273 e. The quantitative estimate of drug-likeness (QED) is 0.319. The molecule has 7 nitrogen and oxygen atoms in total. The number of hydrogen-bond donors (Lipinski definition) is 1. The highest BCUT2D eigenvalue weighted by atomic mass is 35.5. The van der Waals surface area contributed by atoms with Crippen LogP contribution in [0.5, 0.6) is 0 Å². The Morgan fingerprint density at radius 3 is 2.17 bits per heavy atom. The van der Waals surface area contributed by atoms with Crippen LogP contribution in [0.25, 0.3) is 0 Å². The van der Waals surface area contributed by atoms with Crippen molar-refractivity contribution in [2.24, 2.45) is 0 Å². The molecule has 0 bridgehead atoms.